The Morgan fingerprint density at radius 2 is 1.69 bits per heavy atom. The van der Waals surface area contributed by atoms with Crippen LogP contribution < -0.4 is 14.2 Å². The molecule has 0 radical (unpaired) electrons. The van der Waals surface area contributed by atoms with Gasteiger partial charge in [-0.1, -0.05) is 40.9 Å². The molecule has 0 aliphatic carbocycles. The van der Waals surface area contributed by atoms with Gasteiger partial charge in [-0.2, -0.15) is 5.26 Å². The molecule has 0 heterocycles. The number of allylic oxidation sites excluding steroid dienone is 1. The molecule has 0 aliphatic rings. The first kappa shape index (κ1) is 23.8. The van der Waals surface area contributed by atoms with Gasteiger partial charge in [-0.25, -0.2) is 0 Å². The second-order valence-electron chi connectivity index (χ2n) is 6.70. The Balaban J connectivity index is 1.90. The Labute approximate surface area is 202 Å². The van der Waals surface area contributed by atoms with E-state index in [0.717, 1.165) is 16.9 Å². The van der Waals surface area contributed by atoms with E-state index in [4.69, 9.17) is 49.0 Å². The van der Waals surface area contributed by atoms with Crippen LogP contribution in [0, 0.1) is 11.3 Å². The van der Waals surface area contributed by atoms with Crippen LogP contribution in [0.15, 0.2) is 54.6 Å². The quantitative estimate of drug-likeness (QED) is 0.241. The van der Waals surface area contributed by atoms with Gasteiger partial charge in [-0.3, -0.25) is 0 Å². The maximum atomic E-state index is 9.66. The predicted octanol–water partition coefficient (Wildman–Crippen LogP) is 7.70. The van der Waals surface area contributed by atoms with Gasteiger partial charge in [0.15, 0.2) is 11.5 Å². The molecule has 0 aliphatic heterocycles. The summed E-state index contributed by atoms with van der Waals surface area (Å²) in [6, 6.07) is 18.3. The molecule has 0 aromatic heterocycles. The van der Waals surface area contributed by atoms with Crippen molar-refractivity contribution in [3.05, 3.63) is 86.4 Å². The largest absolute Gasteiger partial charge is 0.497 e. The minimum Gasteiger partial charge on any atom is -0.497 e. The molecule has 32 heavy (non-hydrogen) atoms. The fourth-order valence-electron chi connectivity index (χ4n) is 2.98. The summed E-state index contributed by atoms with van der Waals surface area (Å²) in [5.74, 6) is 1.62. The standard InChI is InChI=1S/C25H20Cl3NO3/c1-3-31-24-13-17(10-19(14-29)18-5-7-20(30-2)8-6-18)12-23(28)25(24)32-15-16-4-9-21(26)22(27)11-16/h4-13H,3,15H2,1-2H3/b19-10+. The number of benzene rings is 3. The maximum absolute atomic E-state index is 9.66. The minimum absolute atomic E-state index is 0.237. The van der Waals surface area contributed by atoms with E-state index < -0.39 is 0 Å². The Morgan fingerprint density at radius 3 is 2.31 bits per heavy atom. The average Bonchev–Trinajstić information content (AvgIpc) is 2.79. The second-order valence-corrected chi connectivity index (χ2v) is 7.92. The predicted molar refractivity (Wildman–Crippen MR) is 130 cm³/mol. The first-order valence-corrected chi connectivity index (χ1v) is 10.9. The van der Waals surface area contributed by atoms with Crippen molar-refractivity contribution in [3.63, 3.8) is 0 Å². The highest BCUT2D eigenvalue weighted by Gasteiger charge is 2.14. The smallest absolute Gasteiger partial charge is 0.180 e. The maximum Gasteiger partial charge on any atom is 0.180 e. The number of halogens is 3. The first-order chi connectivity index (χ1) is 15.4. The fourth-order valence-corrected chi connectivity index (χ4v) is 3.57. The lowest BCUT2D eigenvalue weighted by molar-refractivity contribution is 0.269. The number of nitriles is 1. The van der Waals surface area contributed by atoms with Crippen molar-refractivity contribution in [3.8, 4) is 23.3 Å². The van der Waals surface area contributed by atoms with Crippen LogP contribution in [0.1, 0.15) is 23.6 Å². The molecule has 0 atom stereocenters. The normalized spacial score (nSPS) is 11.1. The van der Waals surface area contributed by atoms with E-state index in [1.807, 2.05) is 25.1 Å². The van der Waals surface area contributed by atoms with Gasteiger partial charge in [0.25, 0.3) is 0 Å². The summed E-state index contributed by atoms with van der Waals surface area (Å²) in [6.45, 7) is 2.54. The number of rotatable bonds is 8. The summed E-state index contributed by atoms with van der Waals surface area (Å²) < 4.78 is 16.9. The fraction of sp³-hybridized carbons (Fsp3) is 0.160. The zero-order valence-corrected chi connectivity index (χ0v) is 19.8. The first-order valence-electron chi connectivity index (χ1n) is 9.74. The topological polar surface area (TPSA) is 51.5 Å². The van der Waals surface area contributed by atoms with E-state index >= 15 is 0 Å². The lowest BCUT2D eigenvalue weighted by Gasteiger charge is -2.15. The van der Waals surface area contributed by atoms with Crippen LogP contribution >= 0.6 is 34.8 Å². The van der Waals surface area contributed by atoms with Crippen molar-refractivity contribution in [1.82, 2.24) is 0 Å². The second kappa shape index (κ2) is 11.2. The monoisotopic (exact) mass is 487 g/mol. The third kappa shape index (κ3) is 5.89. The zero-order valence-electron chi connectivity index (χ0n) is 17.5. The van der Waals surface area contributed by atoms with Gasteiger partial charge < -0.3 is 14.2 Å². The molecule has 3 rings (SSSR count). The van der Waals surface area contributed by atoms with Gasteiger partial charge in [0, 0.05) is 0 Å². The van der Waals surface area contributed by atoms with E-state index in [9.17, 15) is 5.26 Å². The minimum atomic E-state index is 0.237. The van der Waals surface area contributed by atoms with E-state index in [0.29, 0.717) is 44.3 Å². The lowest BCUT2D eigenvalue weighted by Crippen LogP contribution is -2.01. The molecule has 0 saturated carbocycles. The summed E-state index contributed by atoms with van der Waals surface area (Å²) in [5.41, 5.74) is 2.80. The SMILES string of the molecule is CCOc1cc(/C=C(\C#N)c2ccc(OC)cc2)cc(Cl)c1OCc1ccc(Cl)c(Cl)c1. The Hall–Kier alpha value is -2.84. The van der Waals surface area contributed by atoms with Crippen molar-refractivity contribution in [2.45, 2.75) is 13.5 Å². The van der Waals surface area contributed by atoms with Crippen molar-refractivity contribution in [2.75, 3.05) is 13.7 Å². The van der Waals surface area contributed by atoms with Gasteiger partial charge in [0.1, 0.15) is 12.4 Å². The van der Waals surface area contributed by atoms with Crippen LogP contribution in [0.5, 0.6) is 17.2 Å². The number of hydrogen-bond acceptors (Lipinski definition) is 4. The summed E-state index contributed by atoms with van der Waals surface area (Å²) in [6.07, 6.45) is 1.75. The van der Waals surface area contributed by atoms with Gasteiger partial charge in [-0.15, -0.1) is 0 Å². The Bertz CT molecular complexity index is 1170. The van der Waals surface area contributed by atoms with Gasteiger partial charge in [0.2, 0.25) is 0 Å². The van der Waals surface area contributed by atoms with Crippen LogP contribution in [-0.4, -0.2) is 13.7 Å². The number of hydrogen-bond donors (Lipinski definition) is 0. The number of ether oxygens (including phenoxy) is 3. The highest BCUT2D eigenvalue weighted by molar-refractivity contribution is 6.42. The molecular weight excluding hydrogens is 469 g/mol. The molecule has 0 N–H and O–H groups in total. The molecule has 0 bridgehead atoms. The highest BCUT2D eigenvalue weighted by Crippen LogP contribution is 2.38. The molecule has 3 aromatic carbocycles. The molecular formula is C25H20Cl3NO3. The number of nitrogens with zero attached hydrogens (tertiary/aromatic N) is 1. The molecule has 3 aromatic rings. The molecule has 0 unspecified atom stereocenters. The third-order valence-electron chi connectivity index (χ3n) is 4.53. The van der Waals surface area contributed by atoms with Gasteiger partial charge in [0.05, 0.1) is 40.4 Å². The summed E-state index contributed by atoms with van der Waals surface area (Å²) in [7, 11) is 1.60. The molecule has 0 fully saturated rings. The van der Waals surface area contributed by atoms with Crippen molar-refractivity contribution in [2.24, 2.45) is 0 Å². The van der Waals surface area contributed by atoms with Crippen LogP contribution in [0.4, 0.5) is 0 Å². The van der Waals surface area contributed by atoms with Crippen LogP contribution in [0.3, 0.4) is 0 Å². The van der Waals surface area contributed by atoms with Crippen LogP contribution in [-0.2, 0) is 6.61 Å². The molecule has 0 amide bonds. The molecule has 4 nitrogen and oxygen atoms in total. The van der Waals surface area contributed by atoms with Gasteiger partial charge in [-0.05, 0) is 78.2 Å². The van der Waals surface area contributed by atoms with Crippen molar-refractivity contribution in [1.29, 1.82) is 5.26 Å². The van der Waals surface area contributed by atoms with E-state index in [1.54, 1.807) is 49.6 Å². The van der Waals surface area contributed by atoms with E-state index in [-0.39, 0.29) is 6.61 Å². The van der Waals surface area contributed by atoms with Crippen molar-refractivity contribution >= 4 is 46.5 Å². The van der Waals surface area contributed by atoms with E-state index in [1.165, 1.54) is 0 Å². The highest BCUT2D eigenvalue weighted by atomic mass is 35.5. The average molecular weight is 489 g/mol. The Morgan fingerprint density at radius 1 is 0.938 bits per heavy atom. The third-order valence-corrected chi connectivity index (χ3v) is 5.55. The lowest BCUT2D eigenvalue weighted by atomic mass is 10.0. The zero-order chi connectivity index (χ0) is 23.1. The number of methoxy groups -OCH3 is 1. The van der Waals surface area contributed by atoms with Crippen LogP contribution in [0.25, 0.3) is 11.6 Å². The summed E-state index contributed by atoms with van der Waals surface area (Å²) in [4.78, 5) is 0. The molecule has 164 valence electrons. The summed E-state index contributed by atoms with van der Waals surface area (Å²) >= 11 is 18.6. The molecule has 0 saturated heterocycles. The molecule has 7 heteroatoms. The van der Waals surface area contributed by atoms with E-state index in [2.05, 4.69) is 6.07 Å². The molecule has 0 spiro atoms. The Kier molecular flexibility index (Phi) is 8.30. The van der Waals surface area contributed by atoms with Crippen molar-refractivity contribution < 1.29 is 14.2 Å². The van der Waals surface area contributed by atoms with Crippen LogP contribution in [0.2, 0.25) is 15.1 Å². The summed E-state index contributed by atoms with van der Waals surface area (Å²) in [5, 5.41) is 11.0. The van der Waals surface area contributed by atoms with Gasteiger partial charge >= 0.3 is 0 Å².